The van der Waals surface area contributed by atoms with E-state index in [9.17, 15) is 14.4 Å². The summed E-state index contributed by atoms with van der Waals surface area (Å²) < 4.78 is 30.7. The van der Waals surface area contributed by atoms with Gasteiger partial charge in [0.1, 0.15) is 23.2 Å². The lowest BCUT2D eigenvalue weighted by Crippen LogP contribution is -2.28. The zero-order valence-corrected chi connectivity index (χ0v) is 23.4. The summed E-state index contributed by atoms with van der Waals surface area (Å²) >= 11 is 7.31. The van der Waals surface area contributed by atoms with Gasteiger partial charge in [-0.05, 0) is 55.3 Å². The van der Waals surface area contributed by atoms with Crippen LogP contribution in [-0.2, 0) is 17.0 Å². The van der Waals surface area contributed by atoms with E-state index in [-0.39, 0.29) is 33.5 Å². The Kier molecular flexibility index (Phi) is 11.3. The summed E-state index contributed by atoms with van der Waals surface area (Å²) in [6.45, 7) is 2.55. The summed E-state index contributed by atoms with van der Waals surface area (Å²) in [5, 5.41) is 16.4. The molecule has 0 aliphatic carbocycles. The molecule has 0 radical (unpaired) electrons. The fraction of sp³-hybridized carbons (Fsp3) is 0.241. The Labute approximate surface area is 236 Å². The Morgan fingerprint density at radius 3 is 2.51 bits per heavy atom. The second-order valence-corrected chi connectivity index (χ2v) is 9.45. The Hall–Kier alpha value is -3.87. The summed E-state index contributed by atoms with van der Waals surface area (Å²) in [5.41, 5.74) is 1.61. The van der Waals surface area contributed by atoms with E-state index in [1.807, 2.05) is 31.2 Å². The molecule has 204 valence electrons. The number of thioether (sulfide) groups is 1. The number of ether oxygens (including phenoxy) is 3. The molecule has 0 bridgehead atoms. The first-order valence-corrected chi connectivity index (χ1v) is 13.5. The standard InChI is InChI=1S/C29H29ClFN3O4S/c1-4-38-25-11-6-5-10-24(25)34-29(39-18-21-22(30)8-7-9-23(21)31)20(17-32)28(35)33-15-14-19-12-13-26(36-2)27(16-19)37-3/h5-13,16,34H,4,14-15,18H2,1-3H3,(H,33,35). The number of rotatable bonds is 13. The molecule has 3 aromatic carbocycles. The van der Waals surface area contributed by atoms with Gasteiger partial charge in [-0.3, -0.25) is 4.79 Å². The summed E-state index contributed by atoms with van der Waals surface area (Å²) in [6, 6.07) is 19.1. The summed E-state index contributed by atoms with van der Waals surface area (Å²) in [4.78, 5) is 13.2. The van der Waals surface area contributed by atoms with Crippen molar-refractivity contribution >= 4 is 35.0 Å². The smallest absolute Gasteiger partial charge is 0.264 e. The van der Waals surface area contributed by atoms with Crippen molar-refractivity contribution in [2.24, 2.45) is 0 Å². The van der Waals surface area contributed by atoms with Crippen molar-refractivity contribution in [1.29, 1.82) is 5.26 Å². The highest BCUT2D eigenvalue weighted by Crippen LogP contribution is 2.33. The van der Waals surface area contributed by atoms with Crippen LogP contribution < -0.4 is 24.8 Å². The van der Waals surface area contributed by atoms with Crippen LogP contribution in [0.5, 0.6) is 17.2 Å². The molecule has 7 nitrogen and oxygen atoms in total. The average Bonchev–Trinajstić information content (AvgIpc) is 2.94. The monoisotopic (exact) mass is 569 g/mol. The van der Waals surface area contributed by atoms with E-state index in [0.29, 0.717) is 36.0 Å². The molecule has 0 saturated carbocycles. The molecule has 0 aliphatic rings. The highest BCUT2D eigenvalue weighted by molar-refractivity contribution is 8.02. The van der Waals surface area contributed by atoms with Crippen molar-refractivity contribution < 1.29 is 23.4 Å². The maximum absolute atomic E-state index is 14.4. The molecule has 0 aliphatic heterocycles. The first-order chi connectivity index (χ1) is 18.9. The number of nitrogens with one attached hydrogen (secondary N) is 2. The highest BCUT2D eigenvalue weighted by atomic mass is 35.5. The van der Waals surface area contributed by atoms with Crippen molar-refractivity contribution in [2.75, 3.05) is 32.7 Å². The van der Waals surface area contributed by atoms with Gasteiger partial charge >= 0.3 is 0 Å². The van der Waals surface area contributed by atoms with Crippen LogP contribution in [0.2, 0.25) is 5.02 Å². The summed E-state index contributed by atoms with van der Waals surface area (Å²) in [6.07, 6.45) is 0.499. The third-order valence-electron chi connectivity index (χ3n) is 5.57. The second-order valence-electron chi connectivity index (χ2n) is 8.05. The second kappa shape index (κ2) is 14.9. The molecular formula is C29H29ClFN3O4S. The van der Waals surface area contributed by atoms with E-state index < -0.39 is 11.7 Å². The number of methoxy groups -OCH3 is 2. The first kappa shape index (κ1) is 29.7. The van der Waals surface area contributed by atoms with Crippen LogP contribution in [-0.4, -0.2) is 33.3 Å². The predicted molar refractivity (Wildman–Crippen MR) is 153 cm³/mol. The molecule has 3 rings (SSSR count). The maximum Gasteiger partial charge on any atom is 0.264 e. The minimum atomic E-state index is -0.568. The quantitative estimate of drug-likeness (QED) is 0.183. The largest absolute Gasteiger partial charge is 0.493 e. The van der Waals surface area contributed by atoms with Gasteiger partial charge in [0.05, 0.1) is 31.5 Å². The topological polar surface area (TPSA) is 92.6 Å². The third-order valence-corrected chi connectivity index (χ3v) is 6.95. The Bertz CT molecular complexity index is 1360. The fourth-order valence-corrected chi connectivity index (χ4v) is 4.96. The van der Waals surface area contributed by atoms with E-state index in [1.54, 1.807) is 44.6 Å². The average molecular weight is 570 g/mol. The molecule has 10 heteroatoms. The number of carbonyl (C=O) groups excluding carboxylic acids is 1. The van der Waals surface area contributed by atoms with E-state index in [2.05, 4.69) is 10.6 Å². The zero-order valence-electron chi connectivity index (χ0n) is 21.8. The van der Waals surface area contributed by atoms with E-state index in [4.69, 9.17) is 25.8 Å². The van der Waals surface area contributed by atoms with Gasteiger partial charge in [0.15, 0.2) is 11.5 Å². The molecule has 39 heavy (non-hydrogen) atoms. The van der Waals surface area contributed by atoms with Gasteiger partial charge < -0.3 is 24.8 Å². The van der Waals surface area contributed by atoms with E-state index in [0.717, 1.165) is 17.3 Å². The number of halogens is 2. The Morgan fingerprint density at radius 1 is 1.05 bits per heavy atom. The highest BCUT2D eigenvalue weighted by Gasteiger charge is 2.19. The number of benzene rings is 3. The Balaban J connectivity index is 1.84. The van der Waals surface area contributed by atoms with Gasteiger partial charge in [0, 0.05) is 22.9 Å². The van der Waals surface area contributed by atoms with Crippen LogP contribution in [0.15, 0.2) is 71.3 Å². The fourth-order valence-electron chi connectivity index (χ4n) is 3.61. The predicted octanol–water partition coefficient (Wildman–Crippen LogP) is 6.33. The van der Waals surface area contributed by atoms with Crippen molar-refractivity contribution in [2.45, 2.75) is 19.1 Å². The van der Waals surface area contributed by atoms with Gasteiger partial charge in [-0.25, -0.2) is 4.39 Å². The van der Waals surface area contributed by atoms with Crippen LogP contribution >= 0.6 is 23.4 Å². The lowest BCUT2D eigenvalue weighted by molar-refractivity contribution is -0.117. The Morgan fingerprint density at radius 2 is 1.82 bits per heavy atom. The van der Waals surface area contributed by atoms with Crippen molar-refractivity contribution in [3.8, 4) is 23.3 Å². The van der Waals surface area contributed by atoms with Gasteiger partial charge in [-0.2, -0.15) is 5.26 Å². The molecule has 2 N–H and O–H groups in total. The molecule has 1 amide bonds. The third kappa shape index (κ3) is 8.06. The van der Waals surface area contributed by atoms with Crippen LogP contribution in [0.4, 0.5) is 10.1 Å². The summed E-state index contributed by atoms with van der Waals surface area (Å²) in [5.74, 6) is 0.794. The number of anilines is 1. The minimum absolute atomic E-state index is 0.0920. The molecule has 0 unspecified atom stereocenters. The van der Waals surface area contributed by atoms with Gasteiger partial charge in [0.2, 0.25) is 0 Å². The van der Waals surface area contributed by atoms with Gasteiger partial charge in [-0.1, -0.05) is 35.9 Å². The van der Waals surface area contributed by atoms with Crippen LogP contribution in [0.25, 0.3) is 0 Å². The van der Waals surface area contributed by atoms with Crippen molar-refractivity contribution in [3.05, 3.63) is 93.2 Å². The van der Waals surface area contributed by atoms with E-state index in [1.165, 1.54) is 12.1 Å². The maximum atomic E-state index is 14.4. The lowest BCUT2D eigenvalue weighted by Gasteiger charge is -2.17. The minimum Gasteiger partial charge on any atom is -0.493 e. The number of carbonyl (C=O) groups is 1. The van der Waals surface area contributed by atoms with Crippen LogP contribution in [0.1, 0.15) is 18.1 Å². The summed E-state index contributed by atoms with van der Waals surface area (Å²) in [7, 11) is 3.11. The number of hydrogen-bond acceptors (Lipinski definition) is 7. The molecule has 0 saturated heterocycles. The zero-order chi connectivity index (χ0) is 28.2. The van der Waals surface area contributed by atoms with Crippen molar-refractivity contribution in [1.82, 2.24) is 5.32 Å². The molecule has 3 aromatic rings. The van der Waals surface area contributed by atoms with Crippen molar-refractivity contribution in [3.63, 3.8) is 0 Å². The molecule has 0 spiro atoms. The lowest BCUT2D eigenvalue weighted by atomic mass is 10.1. The number of nitriles is 1. The van der Waals surface area contributed by atoms with Crippen LogP contribution in [0.3, 0.4) is 0 Å². The van der Waals surface area contributed by atoms with Gasteiger partial charge in [0.25, 0.3) is 5.91 Å². The molecular weight excluding hydrogens is 541 g/mol. The number of nitrogens with zero attached hydrogens (tertiary/aromatic N) is 1. The van der Waals surface area contributed by atoms with E-state index >= 15 is 0 Å². The number of amides is 1. The molecule has 0 heterocycles. The SMILES string of the molecule is CCOc1ccccc1NC(SCc1c(F)cccc1Cl)=C(C#N)C(=O)NCCc1ccc(OC)c(OC)c1. The molecule has 0 atom stereocenters. The normalized spacial score (nSPS) is 11.2. The molecule has 0 aromatic heterocycles. The first-order valence-electron chi connectivity index (χ1n) is 12.1. The van der Waals surface area contributed by atoms with Crippen LogP contribution in [0, 0.1) is 17.1 Å². The number of para-hydroxylation sites is 2. The van der Waals surface area contributed by atoms with Gasteiger partial charge in [-0.15, -0.1) is 11.8 Å². The molecule has 0 fully saturated rings. The number of hydrogen-bond donors (Lipinski definition) is 2.